The number of aromatic nitrogens is 5. The third-order valence-corrected chi connectivity index (χ3v) is 3.10. The molecule has 1 aromatic carbocycles. The van der Waals surface area contributed by atoms with Gasteiger partial charge in [0.2, 0.25) is 0 Å². The van der Waals surface area contributed by atoms with Crippen LogP contribution in [-0.2, 0) is 7.05 Å². The quantitative estimate of drug-likeness (QED) is 0.790. The van der Waals surface area contributed by atoms with E-state index in [0.717, 1.165) is 22.6 Å². The van der Waals surface area contributed by atoms with Crippen LogP contribution >= 0.6 is 0 Å². The Hall–Kier alpha value is -2.96. The second kappa shape index (κ2) is 4.86. The lowest BCUT2D eigenvalue weighted by molar-refractivity contribution is 0.0689. The van der Waals surface area contributed by atoms with E-state index in [-0.39, 0.29) is 5.69 Å². The molecule has 2 heterocycles. The maximum atomic E-state index is 10.9. The summed E-state index contributed by atoms with van der Waals surface area (Å²) < 4.78 is 1.55. The van der Waals surface area contributed by atoms with Gasteiger partial charge in [-0.25, -0.2) is 4.79 Å². The van der Waals surface area contributed by atoms with Gasteiger partial charge >= 0.3 is 5.97 Å². The topological polar surface area (TPSA) is 85.8 Å². The normalized spacial score (nSPS) is 10.8. The Kier molecular flexibility index (Phi) is 3.02. The van der Waals surface area contributed by atoms with Crippen molar-refractivity contribution in [2.75, 3.05) is 0 Å². The number of hydrogen-bond donors (Lipinski definition) is 1. The highest BCUT2D eigenvalue weighted by molar-refractivity contribution is 5.87. The molecule has 7 nitrogen and oxygen atoms in total. The minimum absolute atomic E-state index is 0.0287. The lowest BCUT2D eigenvalue weighted by Crippen LogP contribution is -2.00. The first-order valence-electron chi connectivity index (χ1n) is 6.31. The number of nitrogens with zero attached hydrogens (tertiary/aromatic N) is 5. The van der Waals surface area contributed by atoms with Crippen LogP contribution in [-0.4, -0.2) is 35.9 Å². The van der Waals surface area contributed by atoms with E-state index >= 15 is 0 Å². The van der Waals surface area contributed by atoms with Crippen LogP contribution in [0.4, 0.5) is 0 Å². The maximum Gasteiger partial charge on any atom is 0.356 e. The first-order chi connectivity index (χ1) is 10.0. The molecule has 21 heavy (non-hydrogen) atoms. The lowest BCUT2D eigenvalue weighted by atomic mass is 10.1. The number of rotatable bonds is 3. The van der Waals surface area contributed by atoms with Crippen LogP contribution in [0.25, 0.3) is 16.9 Å². The summed E-state index contributed by atoms with van der Waals surface area (Å²) in [5, 5.41) is 21.3. The molecule has 0 aliphatic rings. The van der Waals surface area contributed by atoms with Gasteiger partial charge in [0.1, 0.15) is 0 Å². The molecule has 0 fully saturated rings. The molecule has 0 saturated carbocycles. The summed E-state index contributed by atoms with van der Waals surface area (Å²) in [7, 11) is 1.72. The Morgan fingerprint density at radius 1 is 1.19 bits per heavy atom. The minimum atomic E-state index is -1.04. The maximum absolute atomic E-state index is 10.9. The summed E-state index contributed by atoms with van der Waals surface area (Å²) in [6.45, 7) is 1.88. The Labute approximate surface area is 120 Å². The van der Waals surface area contributed by atoms with Gasteiger partial charge in [0.25, 0.3) is 0 Å². The average Bonchev–Trinajstić information content (AvgIpc) is 3.05. The molecular formula is C14H13N5O2. The van der Waals surface area contributed by atoms with E-state index in [1.165, 1.54) is 0 Å². The molecule has 3 aromatic rings. The largest absolute Gasteiger partial charge is 0.476 e. The zero-order chi connectivity index (χ0) is 15.0. The smallest absolute Gasteiger partial charge is 0.356 e. The highest BCUT2D eigenvalue weighted by Crippen LogP contribution is 2.21. The molecule has 0 saturated heterocycles. The lowest BCUT2D eigenvalue weighted by Gasteiger charge is -2.03. The van der Waals surface area contributed by atoms with Gasteiger partial charge in [-0.15, -0.1) is 0 Å². The Balaban J connectivity index is 1.96. The van der Waals surface area contributed by atoms with Crippen LogP contribution in [0.3, 0.4) is 0 Å². The summed E-state index contributed by atoms with van der Waals surface area (Å²) in [5.41, 5.74) is 3.33. The van der Waals surface area contributed by atoms with Crippen molar-refractivity contribution in [3.8, 4) is 16.9 Å². The van der Waals surface area contributed by atoms with Crippen molar-refractivity contribution in [2.45, 2.75) is 6.92 Å². The fourth-order valence-electron chi connectivity index (χ4n) is 2.07. The molecule has 3 rings (SSSR count). The van der Waals surface area contributed by atoms with Crippen LogP contribution < -0.4 is 0 Å². The number of carboxylic acid groups (broad SMARTS) is 1. The molecule has 0 amide bonds. The van der Waals surface area contributed by atoms with Crippen LogP contribution in [0.5, 0.6) is 0 Å². The third-order valence-electron chi connectivity index (χ3n) is 3.10. The van der Waals surface area contributed by atoms with E-state index < -0.39 is 5.97 Å². The van der Waals surface area contributed by atoms with Gasteiger partial charge in [-0.05, 0) is 30.7 Å². The highest BCUT2D eigenvalue weighted by atomic mass is 16.4. The molecule has 106 valence electrons. The summed E-state index contributed by atoms with van der Waals surface area (Å²) in [6.07, 6.45) is 1.69. The zero-order valence-electron chi connectivity index (χ0n) is 11.6. The number of benzene rings is 1. The van der Waals surface area contributed by atoms with Crippen LogP contribution in [0.1, 0.15) is 16.2 Å². The predicted octanol–water partition coefficient (Wildman–Crippen LogP) is 1.67. The predicted molar refractivity (Wildman–Crippen MR) is 75.3 cm³/mol. The Morgan fingerprint density at radius 3 is 2.43 bits per heavy atom. The van der Waals surface area contributed by atoms with Crippen molar-refractivity contribution in [1.82, 2.24) is 24.8 Å². The van der Waals surface area contributed by atoms with E-state index in [4.69, 9.17) is 5.11 Å². The fourth-order valence-corrected chi connectivity index (χ4v) is 2.07. The first kappa shape index (κ1) is 13.0. The summed E-state index contributed by atoms with van der Waals surface area (Å²) >= 11 is 0. The third kappa shape index (κ3) is 2.40. The molecule has 2 aromatic heterocycles. The van der Waals surface area contributed by atoms with Gasteiger partial charge in [-0.1, -0.05) is 12.1 Å². The molecule has 0 aliphatic heterocycles. The van der Waals surface area contributed by atoms with E-state index in [1.54, 1.807) is 28.8 Å². The first-order valence-corrected chi connectivity index (χ1v) is 6.31. The fraction of sp³-hybridized carbons (Fsp3) is 0.143. The van der Waals surface area contributed by atoms with Gasteiger partial charge in [-0.3, -0.25) is 4.68 Å². The van der Waals surface area contributed by atoms with E-state index in [9.17, 15) is 4.79 Å². The van der Waals surface area contributed by atoms with Crippen molar-refractivity contribution in [3.05, 3.63) is 47.9 Å². The molecule has 0 unspecified atom stereocenters. The highest BCUT2D eigenvalue weighted by Gasteiger charge is 2.12. The van der Waals surface area contributed by atoms with Gasteiger partial charge in [0.15, 0.2) is 5.69 Å². The van der Waals surface area contributed by atoms with Crippen LogP contribution in [0, 0.1) is 6.92 Å². The molecule has 0 bridgehead atoms. The SMILES string of the molecule is Cc1cnn(-c2ccc(-c3cc(C(=O)O)nn3C)cc2)n1. The summed E-state index contributed by atoms with van der Waals surface area (Å²) in [6, 6.07) is 9.07. The van der Waals surface area contributed by atoms with Crippen LogP contribution in [0.2, 0.25) is 0 Å². The monoisotopic (exact) mass is 283 g/mol. The molecule has 0 atom stereocenters. The Morgan fingerprint density at radius 2 is 1.90 bits per heavy atom. The molecule has 0 radical (unpaired) electrons. The average molecular weight is 283 g/mol. The van der Waals surface area contributed by atoms with Crippen LogP contribution in [0.15, 0.2) is 36.5 Å². The van der Waals surface area contributed by atoms with E-state index in [1.807, 2.05) is 31.2 Å². The molecule has 0 spiro atoms. The second-order valence-electron chi connectivity index (χ2n) is 4.67. The van der Waals surface area contributed by atoms with Crippen molar-refractivity contribution in [1.29, 1.82) is 0 Å². The second-order valence-corrected chi connectivity index (χ2v) is 4.67. The molecular weight excluding hydrogens is 270 g/mol. The van der Waals surface area contributed by atoms with E-state index in [2.05, 4.69) is 15.3 Å². The Bertz CT molecular complexity index is 801. The van der Waals surface area contributed by atoms with Crippen molar-refractivity contribution in [3.63, 3.8) is 0 Å². The summed E-state index contributed by atoms with van der Waals surface area (Å²) in [5.74, 6) is -1.04. The number of hydrogen-bond acceptors (Lipinski definition) is 4. The van der Waals surface area contributed by atoms with Crippen molar-refractivity contribution >= 4 is 5.97 Å². The molecule has 0 aliphatic carbocycles. The molecule has 7 heteroatoms. The van der Waals surface area contributed by atoms with Crippen molar-refractivity contribution in [2.24, 2.45) is 7.05 Å². The number of aryl methyl sites for hydroxylation is 2. The van der Waals surface area contributed by atoms with Gasteiger partial charge in [0.05, 0.1) is 23.3 Å². The van der Waals surface area contributed by atoms with Crippen molar-refractivity contribution < 1.29 is 9.90 Å². The van der Waals surface area contributed by atoms with Gasteiger partial charge in [0, 0.05) is 7.05 Å². The number of aromatic carboxylic acids is 1. The van der Waals surface area contributed by atoms with E-state index in [0.29, 0.717) is 0 Å². The van der Waals surface area contributed by atoms with Gasteiger partial charge < -0.3 is 5.11 Å². The zero-order valence-corrected chi connectivity index (χ0v) is 11.6. The summed E-state index contributed by atoms with van der Waals surface area (Å²) in [4.78, 5) is 12.5. The number of carboxylic acids is 1. The standard InChI is InChI=1S/C14H13N5O2/c1-9-8-15-19(16-9)11-5-3-10(4-6-11)13-7-12(14(20)21)17-18(13)2/h3-8H,1-2H3,(H,20,21). The minimum Gasteiger partial charge on any atom is -0.476 e. The molecule has 1 N–H and O–H groups in total. The number of carbonyl (C=O) groups is 1. The van der Waals surface area contributed by atoms with Gasteiger partial charge in [-0.2, -0.15) is 20.1 Å².